The molecule has 0 spiro atoms. The Bertz CT molecular complexity index is 786. The Morgan fingerprint density at radius 2 is 1.95 bits per heavy atom. The summed E-state index contributed by atoms with van der Waals surface area (Å²) >= 11 is 1.70. The Hall–Kier alpha value is -1.95. The van der Waals surface area contributed by atoms with Crippen molar-refractivity contribution in [2.75, 3.05) is 5.32 Å². The molecule has 0 aromatic carbocycles. The van der Waals surface area contributed by atoms with Gasteiger partial charge in [0.25, 0.3) is 0 Å². The van der Waals surface area contributed by atoms with Crippen LogP contribution in [-0.4, -0.2) is 15.1 Å². The van der Waals surface area contributed by atoms with Gasteiger partial charge in [-0.25, -0.2) is 9.97 Å². The highest BCUT2D eigenvalue weighted by Gasteiger charge is 2.19. The standard InChI is InChI=1S/C15H18N4OS/c1-7-11(5)21-15-12(7)14(16-6-17-15)18-8(2)13-9(3)19-20-10(13)4/h6,8H,1-5H3,(H,16,17,18)/t8-/m1/s1. The van der Waals surface area contributed by atoms with E-state index in [4.69, 9.17) is 4.52 Å². The van der Waals surface area contributed by atoms with Crippen LogP contribution in [0.25, 0.3) is 10.2 Å². The normalized spacial score (nSPS) is 12.8. The molecule has 110 valence electrons. The lowest BCUT2D eigenvalue weighted by atomic mass is 10.1. The SMILES string of the molecule is Cc1noc(C)c1[C@@H](C)Nc1ncnc2sc(C)c(C)c12. The predicted octanol–water partition coefficient (Wildman–Crippen LogP) is 4.09. The quantitative estimate of drug-likeness (QED) is 0.789. The summed E-state index contributed by atoms with van der Waals surface area (Å²) in [6.45, 7) is 10.2. The molecule has 0 amide bonds. The summed E-state index contributed by atoms with van der Waals surface area (Å²) in [6.07, 6.45) is 1.61. The third kappa shape index (κ3) is 2.29. The van der Waals surface area contributed by atoms with Gasteiger partial charge in [-0.2, -0.15) is 0 Å². The lowest BCUT2D eigenvalue weighted by Crippen LogP contribution is -2.10. The molecule has 0 fully saturated rings. The van der Waals surface area contributed by atoms with Crippen LogP contribution < -0.4 is 5.32 Å². The van der Waals surface area contributed by atoms with Gasteiger partial charge in [0.2, 0.25) is 0 Å². The molecule has 0 bridgehead atoms. The molecule has 0 aliphatic carbocycles. The van der Waals surface area contributed by atoms with Crippen molar-refractivity contribution in [3.05, 3.63) is 33.8 Å². The summed E-state index contributed by atoms with van der Waals surface area (Å²) in [4.78, 5) is 11.1. The second-order valence-corrected chi connectivity index (χ2v) is 6.49. The zero-order valence-corrected chi connectivity index (χ0v) is 13.6. The Balaban J connectivity index is 2.02. The van der Waals surface area contributed by atoms with Crippen LogP contribution in [0.2, 0.25) is 0 Å². The van der Waals surface area contributed by atoms with E-state index in [1.807, 2.05) is 13.8 Å². The maximum atomic E-state index is 5.25. The molecule has 1 atom stereocenters. The Morgan fingerprint density at radius 3 is 2.62 bits per heavy atom. The van der Waals surface area contributed by atoms with E-state index >= 15 is 0 Å². The van der Waals surface area contributed by atoms with Crippen LogP contribution in [0.3, 0.4) is 0 Å². The molecule has 21 heavy (non-hydrogen) atoms. The van der Waals surface area contributed by atoms with Crippen molar-refractivity contribution in [2.24, 2.45) is 0 Å². The van der Waals surface area contributed by atoms with Crippen LogP contribution in [0.15, 0.2) is 10.9 Å². The van der Waals surface area contributed by atoms with Gasteiger partial charge < -0.3 is 9.84 Å². The van der Waals surface area contributed by atoms with Crippen molar-refractivity contribution >= 4 is 27.4 Å². The molecule has 1 N–H and O–H groups in total. The topological polar surface area (TPSA) is 63.8 Å². The van der Waals surface area contributed by atoms with E-state index in [0.29, 0.717) is 0 Å². The second kappa shape index (κ2) is 5.11. The van der Waals surface area contributed by atoms with E-state index in [0.717, 1.165) is 33.1 Å². The fraction of sp³-hybridized carbons (Fsp3) is 0.400. The van der Waals surface area contributed by atoms with Gasteiger partial charge in [0.1, 0.15) is 22.7 Å². The fourth-order valence-electron chi connectivity index (χ4n) is 2.68. The molecule has 0 unspecified atom stereocenters. The van der Waals surface area contributed by atoms with Crippen molar-refractivity contribution in [1.82, 2.24) is 15.1 Å². The summed E-state index contributed by atoms with van der Waals surface area (Å²) in [5, 5.41) is 8.61. The summed E-state index contributed by atoms with van der Waals surface area (Å²) in [7, 11) is 0. The third-order valence-corrected chi connectivity index (χ3v) is 4.96. The highest BCUT2D eigenvalue weighted by molar-refractivity contribution is 7.18. The van der Waals surface area contributed by atoms with E-state index in [1.54, 1.807) is 17.7 Å². The smallest absolute Gasteiger partial charge is 0.139 e. The zero-order valence-electron chi connectivity index (χ0n) is 12.8. The lowest BCUT2D eigenvalue weighted by Gasteiger charge is -2.15. The number of nitrogens with one attached hydrogen (secondary N) is 1. The molecular weight excluding hydrogens is 284 g/mol. The van der Waals surface area contributed by atoms with Crippen molar-refractivity contribution < 1.29 is 4.52 Å². The first-order valence-corrected chi connectivity index (χ1v) is 7.70. The molecule has 5 nitrogen and oxygen atoms in total. The second-order valence-electron chi connectivity index (χ2n) is 5.29. The van der Waals surface area contributed by atoms with Crippen LogP contribution in [0.4, 0.5) is 5.82 Å². The summed E-state index contributed by atoms with van der Waals surface area (Å²) in [5.74, 6) is 1.71. The number of aryl methyl sites for hydroxylation is 4. The van der Waals surface area contributed by atoms with Crippen LogP contribution in [0.1, 0.15) is 40.4 Å². The van der Waals surface area contributed by atoms with Gasteiger partial charge in [-0.1, -0.05) is 5.16 Å². The van der Waals surface area contributed by atoms with Gasteiger partial charge >= 0.3 is 0 Å². The molecule has 0 aliphatic rings. The minimum atomic E-state index is 0.0777. The van der Waals surface area contributed by atoms with E-state index < -0.39 is 0 Å². The number of rotatable bonds is 3. The lowest BCUT2D eigenvalue weighted by molar-refractivity contribution is 0.392. The Morgan fingerprint density at radius 1 is 1.19 bits per heavy atom. The van der Waals surface area contributed by atoms with Gasteiger partial charge in [0, 0.05) is 10.4 Å². The summed E-state index contributed by atoms with van der Waals surface area (Å²) < 4.78 is 5.25. The van der Waals surface area contributed by atoms with Gasteiger partial charge in [0.05, 0.1) is 17.1 Å². The maximum Gasteiger partial charge on any atom is 0.139 e. The number of hydrogen-bond donors (Lipinski definition) is 1. The van der Waals surface area contributed by atoms with Gasteiger partial charge in [-0.3, -0.25) is 0 Å². The molecule has 6 heteroatoms. The first-order chi connectivity index (χ1) is 9.99. The summed E-state index contributed by atoms with van der Waals surface area (Å²) in [5.41, 5.74) is 3.24. The van der Waals surface area contributed by atoms with E-state index in [2.05, 4.69) is 41.2 Å². The van der Waals surface area contributed by atoms with Crippen LogP contribution in [-0.2, 0) is 0 Å². The van der Waals surface area contributed by atoms with Crippen molar-refractivity contribution in [2.45, 2.75) is 40.7 Å². The van der Waals surface area contributed by atoms with Crippen LogP contribution in [0.5, 0.6) is 0 Å². The van der Waals surface area contributed by atoms with E-state index in [-0.39, 0.29) is 6.04 Å². The van der Waals surface area contributed by atoms with Crippen LogP contribution >= 0.6 is 11.3 Å². The Labute approximate surface area is 127 Å². The predicted molar refractivity (Wildman–Crippen MR) is 84.9 cm³/mol. The minimum Gasteiger partial charge on any atom is -0.363 e. The van der Waals surface area contributed by atoms with Crippen molar-refractivity contribution in [1.29, 1.82) is 0 Å². The zero-order chi connectivity index (χ0) is 15.1. The van der Waals surface area contributed by atoms with Gasteiger partial charge in [-0.15, -0.1) is 11.3 Å². The first-order valence-electron chi connectivity index (χ1n) is 6.89. The fourth-order valence-corrected chi connectivity index (χ4v) is 3.67. The molecule has 0 radical (unpaired) electrons. The third-order valence-electron chi connectivity index (χ3n) is 3.84. The van der Waals surface area contributed by atoms with Gasteiger partial charge in [0.15, 0.2) is 0 Å². The largest absolute Gasteiger partial charge is 0.363 e. The molecule has 0 aliphatic heterocycles. The number of fused-ring (bicyclic) bond motifs is 1. The first kappa shape index (κ1) is 14.0. The number of aromatic nitrogens is 3. The summed E-state index contributed by atoms with van der Waals surface area (Å²) in [6, 6.07) is 0.0777. The molecule has 3 heterocycles. The molecule has 0 saturated carbocycles. The molecule has 3 rings (SSSR count). The number of anilines is 1. The molecule has 0 saturated heterocycles. The average Bonchev–Trinajstić information content (AvgIpc) is 2.91. The number of thiophene rings is 1. The highest BCUT2D eigenvalue weighted by atomic mass is 32.1. The monoisotopic (exact) mass is 302 g/mol. The maximum absolute atomic E-state index is 5.25. The van der Waals surface area contributed by atoms with Crippen LogP contribution in [0, 0.1) is 27.7 Å². The number of hydrogen-bond acceptors (Lipinski definition) is 6. The van der Waals surface area contributed by atoms with Gasteiger partial charge in [-0.05, 0) is 40.2 Å². The highest BCUT2D eigenvalue weighted by Crippen LogP contribution is 2.34. The minimum absolute atomic E-state index is 0.0777. The van der Waals surface area contributed by atoms with Crippen molar-refractivity contribution in [3.8, 4) is 0 Å². The average molecular weight is 302 g/mol. The van der Waals surface area contributed by atoms with E-state index in [1.165, 1.54) is 10.4 Å². The van der Waals surface area contributed by atoms with E-state index in [9.17, 15) is 0 Å². The Kier molecular flexibility index (Phi) is 3.41. The number of nitrogens with zero attached hydrogens (tertiary/aromatic N) is 3. The molecule has 3 aromatic rings. The van der Waals surface area contributed by atoms with Crippen molar-refractivity contribution in [3.63, 3.8) is 0 Å². The molecule has 3 aromatic heterocycles. The molecular formula is C15H18N4OS.